The molecule has 1 aliphatic heterocycles. The normalized spacial score (nSPS) is 27.5. The Morgan fingerprint density at radius 2 is 2.10 bits per heavy atom. The molecule has 1 rings (SSSR count). The maximum atomic E-state index is 11.0. The van der Waals surface area contributed by atoms with E-state index in [4.69, 9.17) is 0 Å². The molecule has 1 fully saturated rings. The lowest BCUT2D eigenvalue weighted by Gasteiger charge is -2.03. The molecule has 1 aliphatic rings. The van der Waals surface area contributed by atoms with Gasteiger partial charge in [0.1, 0.15) is 5.78 Å². The topological polar surface area (TPSA) is 46.2 Å². The summed E-state index contributed by atoms with van der Waals surface area (Å²) in [6.07, 6.45) is 0.774. The Hall–Kier alpha value is -0.860. The summed E-state index contributed by atoms with van der Waals surface area (Å²) in [5, 5.41) is 2.66. The first kappa shape index (κ1) is 7.25. The molecule has 1 heterocycles. The highest BCUT2D eigenvalue weighted by molar-refractivity contribution is 5.88. The van der Waals surface area contributed by atoms with Crippen LogP contribution in [0, 0.1) is 5.92 Å². The summed E-state index contributed by atoms with van der Waals surface area (Å²) in [7, 11) is 0. The summed E-state index contributed by atoms with van der Waals surface area (Å²) >= 11 is 0. The van der Waals surface area contributed by atoms with Crippen LogP contribution in [0.5, 0.6) is 0 Å². The zero-order valence-corrected chi connectivity index (χ0v) is 6.02. The van der Waals surface area contributed by atoms with Crippen LogP contribution < -0.4 is 5.32 Å². The van der Waals surface area contributed by atoms with Crippen molar-refractivity contribution in [1.29, 1.82) is 0 Å². The number of amides is 1. The molecule has 0 aliphatic carbocycles. The third-order valence-corrected chi connectivity index (χ3v) is 1.75. The van der Waals surface area contributed by atoms with Crippen LogP contribution in [0.2, 0.25) is 0 Å². The Labute approximate surface area is 59.8 Å². The predicted octanol–water partition coefficient (Wildman–Crippen LogP) is 0.102. The van der Waals surface area contributed by atoms with Gasteiger partial charge in [-0.3, -0.25) is 9.59 Å². The second-order valence-corrected chi connectivity index (χ2v) is 2.67. The van der Waals surface area contributed by atoms with E-state index in [9.17, 15) is 9.59 Å². The van der Waals surface area contributed by atoms with Gasteiger partial charge in [-0.05, 0) is 0 Å². The van der Waals surface area contributed by atoms with Crippen molar-refractivity contribution in [2.24, 2.45) is 5.92 Å². The van der Waals surface area contributed by atoms with Crippen molar-refractivity contribution < 1.29 is 9.59 Å². The number of nitrogens with one attached hydrogen (secondary N) is 1. The second kappa shape index (κ2) is 2.82. The van der Waals surface area contributed by atoms with Crippen LogP contribution in [-0.2, 0) is 9.59 Å². The quantitative estimate of drug-likeness (QED) is 0.520. The number of rotatable bonds is 0. The monoisotopic (exact) mass is 141 g/mol. The van der Waals surface area contributed by atoms with Gasteiger partial charge in [0, 0.05) is 25.3 Å². The van der Waals surface area contributed by atoms with Crippen molar-refractivity contribution in [2.75, 3.05) is 6.54 Å². The molecule has 3 nitrogen and oxygen atoms in total. The fraction of sp³-hybridized carbons (Fsp3) is 0.714. The Morgan fingerprint density at radius 3 is 2.80 bits per heavy atom. The summed E-state index contributed by atoms with van der Waals surface area (Å²) in [5.41, 5.74) is 0. The average Bonchev–Trinajstić information content (AvgIpc) is 2.04. The zero-order chi connectivity index (χ0) is 7.56. The van der Waals surface area contributed by atoms with Crippen LogP contribution in [0.15, 0.2) is 0 Å². The number of hydrogen-bond acceptors (Lipinski definition) is 2. The van der Waals surface area contributed by atoms with Gasteiger partial charge >= 0.3 is 0 Å². The van der Waals surface area contributed by atoms with E-state index >= 15 is 0 Å². The fourth-order valence-corrected chi connectivity index (χ4v) is 0.952. The van der Waals surface area contributed by atoms with Crippen molar-refractivity contribution in [1.82, 2.24) is 5.32 Å². The lowest BCUT2D eigenvalue weighted by Crippen LogP contribution is -2.26. The zero-order valence-electron chi connectivity index (χ0n) is 6.02. The van der Waals surface area contributed by atoms with Crippen LogP contribution in [0.4, 0.5) is 0 Å². The molecular formula is C7H11NO2. The van der Waals surface area contributed by atoms with E-state index in [-0.39, 0.29) is 17.6 Å². The SMILES string of the molecule is CC1CNC(=O)CCC1=O. The summed E-state index contributed by atoms with van der Waals surface area (Å²) in [6.45, 7) is 2.35. The third-order valence-electron chi connectivity index (χ3n) is 1.75. The average molecular weight is 141 g/mol. The molecule has 0 aromatic rings. The minimum atomic E-state index is -0.00213. The first-order valence-electron chi connectivity index (χ1n) is 3.49. The molecule has 0 aromatic carbocycles. The minimum absolute atomic E-state index is 0.00213. The molecule has 1 atom stereocenters. The first-order valence-corrected chi connectivity index (χ1v) is 3.49. The third kappa shape index (κ3) is 1.56. The molecule has 1 amide bonds. The molecule has 0 radical (unpaired) electrons. The fourth-order valence-electron chi connectivity index (χ4n) is 0.952. The molecular weight excluding hydrogens is 130 g/mol. The van der Waals surface area contributed by atoms with Gasteiger partial charge in [0.05, 0.1) is 0 Å². The van der Waals surface area contributed by atoms with Gasteiger partial charge in [-0.15, -0.1) is 0 Å². The smallest absolute Gasteiger partial charge is 0.220 e. The number of hydrogen-bond donors (Lipinski definition) is 1. The molecule has 0 aromatic heterocycles. The molecule has 0 bridgehead atoms. The van der Waals surface area contributed by atoms with Crippen molar-refractivity contribution >= 4 is 11.7 Å². The second-order valence-electron chi connectivity index (χ2n) is 2.67. The number of ketones is 1. The van der Waals surface area contributed by atoms with Gasteiger partial charge in [-0.25, -0.2) is 0 Å². The summed E-state index contributed by atoms with van der Waals surface area (Å²) in [4.78, 5) is 21.7. The van der Waals surface area contributed by atoms with Crippen LogP contribution in [0.1, 0.15) is 19.8 Å². The van der Waals surface area contributed by atoms with Crippen molar-refractivity contribution in [3.63, 3.8) is 0 Å². The Morgan fingerprint density at radius 1 is 1.40 bits per heavy atom. The van der Waals surface area contributed by atoms with E-state index in [1.807, 2.05) is 6.92 Å². The summed E-state index contributed by atoms with van der Waals surface area (Å²) < 4.78 is 0. The largest absolute Gasteiger partial charge is 0.355 e. The first-order chi connectivity index (χ1) is 4.70. The van der Waals surface area contributed by atoms with Gasteiger partial charge < -0.3 is 5.32 Å². The Bertz CT molecular complexity index is 165. The van der Waals surface area contributed by atoms with E-state index in [2.05, 4.69) is 5.32 Å². The standard InChI is InChI=1S/C7H11NO2/c1-5-4-8-7(10)3-2-6(5)9/h5H,2-4H2,1H3,(H,8,10). The molecule has 1 unspecified atom stereocenters. The van der Waals surface area contributed by atoms with Crippen molar-refractivity contribution in [3.05, 3.63) is 0 Å². The highest BCUT2D eigenvalue weighted by Gasteiger charge is 2.18. The summed E-state index contributed by atoms with van der Waals surface area (Å²) in [5.74, 6) is 0.197. The maximum absolute atomic E-state index is 11.0. The van der Waals surface area contributed by atoms with Gasteiger partial charge in [-0.1, -0.05) is 6.92 Å². The van der Waals surface area contributed by atoms with Crippen LogP contribution in [-0.4, -0.2) is 18.2 Å². The Balaban J connectivity index is 2.54. The van der Waals surface area contributed by atoms with Crippen LogP contribution in [0.25, 0.3) is 0 Å². The lowest BCUT2D eigenvalue weighted by molar-refractivity contribution is -0.124. The number of carbonyl (C=O) groups is 2. The maximum Gasteiger partial charge on any atom is 0.220 e. The molecule has 56 valence electrons. The number of carbonyl (C=O) groups excluding carboxylic acids is 2. The van der Waals surface area contributed by atoms with Crippen molar-refractivity contribution in [2.45, 2.75) is 19.8 Å². The van der Waals surface area contributed by atoms with Gasteiger partial charge in [0.2, 0.25) is 5.91 Å². The molecule has 3 heteroatoms. The Kier molecular flexibility index (Phi) is 2.04. The van der Waals surface area contributed by atoms with Crippen LogP contribution >= 0.6 is 0 Å². The molecule has 0 spiro atoms. The van der Waals surface area contributed by atoms with Gasteiger partial charge in [0.15, 0.2) is 0 Å². The lowest BCUT2D eigenvalue weighted by atomic mass is 10.0. The predicted molar refractivity (Wildman–Crippen MR) is 36.4 cm³/mol. The molecule has 1 N–H and O–H groups in total. The highest BCUT2D eigenvalue weighted by Crippen LogP contribution is 2.05. The molecule has 1 saturated heterocycles. The molecule has 10 heavy (non-hydrogen) atoms. The van der Waals surface area contributed by atoms with E-state index in [0.29, 0.717) is 19.4 Å². The summed E-state index contributed by atoms with van der Waals surface area (Å²) in [6, 6.07) is 0. The highest BCUT2D eigenvalue weighted by atomic mass is 16.2. The van der Waals surface area contributed by atoms with E-state index in [0.717, 1.165) is 0 Å². The van der Waals surface area contributed by atoms with E-state index in [1.54, 1.807) is 0 Å². The number of Topliss-reactive ketones (excluding diaryl/α,β-unsaturated/α-hetero) is 1. The van der Waals surface area contributed by atoms with E-state index in [1.165, 1.54) is 0 Å². The molecule has 0 saturated carbocycles. The van der Waals surface area contributed by atoms with E-state index < -0.39 is 0 Å². The van der Waals surface area contributed by atoms with Gasteiger partial charge in [-0.2, -0.15) is 0 Å². The minimum Gasteiger partial charge on any atom is -0.355 e. The van der Waals surface area contributed by atoms with Gasteiger partial charge in [0.25, 0.3) is 0 Å². The van der Waals surface area contributed by atoms with Crippen molar-refractivity contribution in [3.8, 4) is 0 Å². The van der Waals surface area contributed by atoms with Crippen LogP contribution in [0.3, 0.4) is 0 Å².